The zero-order valence-electron chi connectivity index (χ0n) is 15.3. The van der Waals surface area contributed by atoms with Crippen molar-refractivity contribution in [3.05, 3.63) is 58.8 Å². The van der Waals surface area contributed by atoms with Crippen molar-refractivity contribution in [2.75, 3.05) is 24.6 Å². The fourth-order valence-electron chi connectivity index (χ4n) is 3.47. The lowest BCUT2D eigenvalue weighted by atomic mass is 10.2. The Morgan fingerprint density at radius 1 is 1.10 bits per heavy atom. The first kappa shape index (κ1) is 18.4. The molecule has 1 aliphatic rings. The molecule has 4 heterocycles. The van der Waals surface area contributed by atoms with E-state index in [4.69, 9.17) is 33.0 Å². The van der Waals surface area contributed by atoms with Gasteiger partial charge in [-0.15, -0.1) is 15.3 Å². The number of rotatable bonds is 4. The first-order chi connectivity index (χ1) is 14.2. The largest absolute Gasteiger partial charge is 0.373 e. The van der Waals surface area contributed by atoms with Crippen molar-refractivity contribution in [2.45, 2.75) is 12.6 Å². The maximum Gasteiger partial charge on any atom is 0.185 e. The molecule has 4 aromatic rings. The van der Waals surface area contributed by atoms with Crippen molar-refractivity contribution in [3.63, 3.8) is 0 Å². The normalized spacial score (nSPS) is 17.2. The van der Waals surface area contributed by atoms with Crippen LogP contribution in [0, 0.1) is 0 Å². The number of nitrogens with zero attached hydrogens (tertiary/aromatic N) is 7. The molecule has 1 aliphatic heterocycles. The van der Waals surface area contributed by atoms with Crippen LogP contribution in [0.3, 0.4) is 0 Å². The summed E-state index contributed by atoms with van der Waals surface area (Å²) in [5.41, 5.74) is 1.42. The first-order valence-corrected chi connectivity index (χ1v) is 9.94. The number of aromatic nitrogens is 6. The standard InChI is InChI=1S/C19H17Cl2N7O/c20-14-8-13(9-15(21)10-14)19-24-23-17-2-3-18(25-28(17)19)26-6-7-29-16(11-26)12-27-5-1-4-22-27/h1-5,8-10,16H,6-7,11-12H2. The third kappa shape index (κ3) is 3.78. The fraction of sp³-hybridized carbons (Fsp3) is 0.263. The number of anilines is 1. The van der Waals surface area contributed by atoms with Gasteiger partial charge in [-0.3, -0.25) is 4.68 Å². The Hall–Kier alpha value is -2.68. The first-order valence-electron chi connectivity index (χ1n) is 9.18. The number of hydrogen-bond donors (Lipinski definition) is 0. The zero-order chi connectivity index (χ0) is 19.8. The maximum absolute atomic E-state index is 6.15. The molecule has 0 aliphatic carbocycles. The molecule has 10 heteroatoms. The van der Waals surface area contributed by atoms with Crippen LogP contribution < -0.4 is 4.90 Å². The van der Waals surface area contributed by atoms with Gasteiger partial charge in [-0.2, -0.15) is 9.61 Å². The summed E-state index contributed by atoms with van der Waals surface area (Å²) >= 11 is 12.3. The van der Waals surface area contributed by atoms with Crippen molar-refractivity contribution in [1.82, 2.24) is 29.6 Å². The Morgan fingerprint density at radius 3 is 2.76 bits per heavy atom. The van der Waals surface area contributed by atoms with Crippen LogP contribution in [-0.4, -0.2) is 55.4 Å². The Morgan fingerprint density at radius 2 is 1.97 bits per heavy atom. The summed E-state index contributed by atoms with van der Waals surface area (Å²) in [6, 6.07) is 11.0. The summed E-state index contributed by atoms with van der Waals surface area (Å²) in [6.45, 7) is 2.81. The summed E-state index contributed by atoms with van der Waals surface area (Å²) in [7, 11) is 0. The average molecular weight is 430 g/mol. The minimum Gasteiger partial charge on any atom is -0.373 e. The van der Waals surface area contributed by atoms with E-state index in [1.165, 1.54) is 0 Å². The lowest BCUT2D eigenvalue weighted by Crippen LogP contribution is -2.44. The Kier molecular flexibility index (Phi) is 4.83. The van der Waals surface area contributed by atoms with Crippen molar-refractivity contribution < 1.29 is 4.74 Å². The van der Waals surface area contributed by atoms with E-state index in [9.17, 15) is 0 Å². The van der Waals surface area contributed by atoms with Crippen LogP contribution >= 0.6 is 23.2 Å². The molecule has 1 fully saturated rings. The topological polar surface area (TPSA) is 73.4 Å². The summed E-state index contributed by atoms with van der Waals surface area (Å²) in [4.78, 5) is 2.20. The van der Waals surface area contributed by atoms with E-state index in [1.54, 1.807) is 28.9 Å². The van der Waals surface area contributed by atoms with Gasteiger partial charge in [0.1, 0.15) is 5.82 Å². The second-order valence-electron chi connectivity index (χ2n) is 6.81. The third-order valence-electron chi connectivity index (χ3n) is 4.78. The molecule has 1 aromatic carbocycles. The molecule has 0 N–H and O–H groups in total. The minimum atomic E-state index is 0.0354. The van der Waals surface area contributed by atoms with Crippen molar-refractivity contribution >= 4 is 34.7 Å². The molecule has 29 heavy (non-hydrogen) atoms. The van der Waals surface area contributed by atoms with Crippen molar-refractivity contribution in [1.29, 1.82) is 0 Å². The third-order valence-corrected chi connectivity index (χ3v) is 5.22. The van der Waals surface area contributed by atoms with Crippen LogP contribution in [0.4, 0.5) is 5.82 Å². The van der Waals surface area contributed by atoms with E-state index in [-0.39, 0.29) is 6.10 Å². The van der Waals surface area contributed by atoms with Crippen LogP contribution in [0.5, 0.6) is 0 Å². The molecule has 1 atom stereocenters. The average Bonchev–Trinajstić information content (AvgIpc) is 3.36. The van der Waals surface area contributed by atoms with E-state index in [1.807, 2.05) is 29.1 Å². The summed E-state index contributed by atoms with van der Waals surface area (Å²) in [5.74, 6) is 1.42. The monoisotopic (exact) mass is 429 g/mol. The van der Waals surface area contributed by atoms with Gasteiger partial charge >= 0.3 is 0 Å². The number of morpholine rings is 1. The van der Waals surface area contributed by atoms with Crippen molar-refractivity contribution in [2.24, 2.45) is 0 Å². The highest BCUT2D eigenvalue weighted by Crippen LogP contribution is 2.27. The second kappa shape index (κ2) is 7.62. The van der Waals surface area contributed by atoms with Crippen LogP contribution in [-0.2, 0) is 11.3 Å². The lowest BCUT2D eigenvalue weighted by Gasteiger charge is -2.33. The van der Waals surface area contributed by atoms with Crippen LogP contribution in [0.25, 0.3) is 17.0 Å². The number of fused-ring (bicyclic) bond motifs is 1. The maximum atomic E-state index is 6.15. The molecule has 148 valence electrons. The SMILES string of the molecule is Clc1cc(Cl)cc(-c2nnc3ccc(N4CCOC(Cn5cccn5)C4)nn23)c1. The second-order valence-corrected chi connectivity index (χ2v) is 7.68. The molecule has 0 bridgehead atoms. The highest BCUT2D eigenvalue weighted by Gasteiger charge is 2.23. The van der Waals surface area contributed by atoms with E-state index in [2.05, 4.69) is 20.2 Å². The minimum absolute atomic E-state index is 0.0354. The lowest BCUT2D eigenvalue weighted by molar-refractivity contribution is 0.0271. The molecular weight excluding hydrogens is 413 g/mol. The van der Waals surface area contributed by atoms with Gasteiger partial charge in [0.15, 0.2) is 11.5 Å². The molecule has 1 saturated heterocycles. The van der Waals surface area contributed by atoms with E-state index >= 15 is 0 Å². The molecule has 1 unspecified atom stereocenters. The summed E-state index contributed by atoms with van der Waals surface area (Å²) in [5, 5.41) is 18.6. The Balaban J connectivity index is 1.45. The molecule has 8 nitrogen and oxygen atoms in total. The van der Waals surface area contributed by atoms with Crippen LogP contribution in [0.2, 0.25) is 10.0 Å². The van der Waals surface area contributed by atoms with Gasteiger partial charge in [0.2, 0.25) is 0 Å². The number of hydrogen-bond acceptors (Lipinski definition) is 6. The Bertz CT molecular complexity index is 1120. The van der Waals surface area contributed by atoms with Gasteiger partial charge < -0.3 is 9.64 Å². The molecule has 0 spiro atoms. The van der Waals surface area contributed by atoms with Gasteiger partial charge in [-0.1, -0.05) is 23.2 Å². The highest BCUT2D eigenvalue weighted by atomic mass is 35.5. The molecule has 3 aromatic heterocycles. The van der Waals surface area contributed by atoms with Gasteiger partial charge in [0.05, 0.1) is 19.3 Å². The Labute approximate surface area is 176 Å². The predicted octanol–water partition coefficient (Wildman–Crippen LogP) is 3.20. The number of ether oxygens (including phenoxy) is 1. The van der Waals surface area contributed by atoms with Gasteiger partial charge in [0.25, 0.3) is 0 Å². The van der Waals surface area contributed by atoms with Gasteiger partial charge in [0, 0.05) is 41.1 Å². The smallest absolute Gasteiger partial charge is 0.185 e. The van der Waals surface area contributed by atoms with Crippen LogP contribution in [0.15, 0.2) is 48.8 Å². The predicted molar refractivity (Wildman–Crippen MR) is 110 cm³/mol. The van der Waals surface area contributed by atoms with E-state index in [0.717, 1.165) is 24.5 Å². The van der Waals surface area contributed by atoms with Crippen molar-refractivity contribution in [3.8, 4) is 11.4 Å². The summed E-state index contributed by atoms with van der Waals surface area (Å²) < 4.78 is 9.50. The van der Waals surface area contributed by atoms with E-state index < -0.39 is 0 Å². The fourth-order valence-corrected chi connectivity index (χ4v) is 3.99. The molecular formula is C19H17Cl2N7O. The highest BCUT2D eigenvalue weighted by molar-refractivity contribution is 6.35. The quantitative estimate of drug-likeness (QED) is 0.495. The van der Waals surface area contributed by atoms with Crippen LogP contribution in [0.1, 0.15) is 0 Å². The van der Waals surface area contributed by atoms with E-state index in [0.29, 0.717) is 34.7 Å². The molecule has 5 rings (SSSR count). The zero-order valence-corrected chi connectivity index (χ0v) is 16.8. The van der Waals surface area contributed by atoms with Gasteiger partial charge in [-0.05, 0) is 36.4 Å². The molecule has 0 radical (unpaired) electrons. The summed E-state index contributed by atoms with van der Waals surface area (Å²) in [6.07, 6.45) is 3.74. The van der Waals surface area contributed by atoms with Gasteiger partial charge in [-0.25, -0.2) is 0 Å². The number of benzene rings is 1. The molecule has 0 saturated carbocycles. The number of halogens is 2. The molecule has 0 amide bonds.